The lowest BCUT2D eigenvalue weighted by molar-refractivity contribution is 0.124. The molecular weight excluding hydrogens is 604 g/mol. The Labute approximate surface area is 269 Å². The van der Waals surface area contributed by atoms with Crippen LogP contribution in [0.4, 0.5) is 11.4 Å². The summed E-state index contributed by atoms with van der Waals surface area (Å²) in [6.45, 7) is 6.94. The van der Waals surface area contributed by atoms with Gasteiger partial charge in [-0.1, -0.05) is 0 Å². The molecule has 0 aliphatic carbocycles. The second-order valence-corrected chi connectivity index (χ2v) is 13.0. The third-order valence-corrected chi connectivity index (χ3v) is 10.4. The van der Waals surface area contributed by atoms with E-state index in [1.807, 2.05) is 44.3 Å². The maximum absolute atomic E-state index is 14.4. The van der Waals surface area contributed by atoms with Gasteiger partial charge >= 0.3 is 0 Å². The summed E-state index contributed by atoms with van der Waals surface area (Å²) in [5, 5.41) is 9.90. The van der Waals surface area contributed by atoms with Crippen LogP contribution in [0.25, 0.3) is 0 Å². The van der Waals surface area contributed by atoms with Gasteiger partial charge in [-0.15, -0.1) is 0 Å². The minimum atomic E-state index is -4.15. The van der Waals surface area contributed by atoms with Gasteiger partial charge in [0.25, 0.3) is 10.0 Å². The zero-order chi connectivity index (χ0) is 32.5. The quantitative estimate of drug-likeness (QED) is 0.261. The second-order valence-electron chi connectivity index (χ2n) is 11.2. The summed E-state index contributed by atoms with van der Waals surface area (Å²) >= 11 is 0. The van der Waals surface area contributed by atoms with Gasteiger partial charge in [0.2, 0.25) is 0 Å². The first-order valence-corrected chi connectivity index (χ1v) is 16.5. The Bertz CT molecular complexity index is 1890. The number of fused-ring (bicyclic) bond motifs is 1. The number of hydrogen-bond donors (Lipinski definition) is 0. The molecule has 0 amide bonds. The predicted molar refractivity (Wildman–Crippen MR) is 174 cm³/mol. The standard InChI is InChI=1S/C34H36N6O5S/c1-5-45-32-10-7-27(43-3)20-30(32)34(39-16-14-38(15-17-39)26-12-13-36-24(2)18-26)23-40(31-9-6-25(21-35)19-29(31)34)46(41,42)33-11-8-28(44-4)22-37-33/h6-13,18-20,22H,5,14-17,23H2,1-4H3. The molecule has 2 aromatic heterocycles. The zero-order valence-corrected chi connectivity index (χ0v) is 27.1. The van der Waals surface area contributed by atoms with Crippen LogP contribution in [0.15, 0.2) is 78.1 Å². The highest BCUT2D eigenvalue weighted by molar-refractivity contribution is 7.92. The molecule has 0 N–H and O–H groups in total. The van der Waals surface area contributed by atoms with Crippen molar-refractivity contribution in [1.29, 1.82) is 5.26 Å². The van der Waals surface area contributed by atoms with Crippen molar-refractivity contribution in [1.82, 2.24) is 14.9 Å². The summed E-state index contributed by atoms with van der Waals surface area (Å²) in [5.74, 6) is 1.68. The molecule has 2 aliphatic rings. The SMILES string of the molecule is CCOc1ccc(OC)cc1C1(N2CCN(c3ccnc(C)c3)CC2)CN(S(=O)(=O)c2ccc(OC)cn2)c2ccc(C#N)cc21. The van der Waals surface area contributed by atoms with E-state index in [-0.39, 0.29) is 11.6 Å². The summed E-state index contributed by atoms with van der Waals surface area (Å²) < 4.78 is 47.4. The molecule has 4 heterocycles. The van der Waals surface area contributed by atoms with E-state index in [0.717, 1.165) is 16.9 Å². The topological polar surface area (TPSA) is 121 Å². The Kier molecular flexibility index (Phi) is 8.46. The third kappa shape index (κ3) is 5.35. The molecule has 1 saturated heterocycles. The average Bonchev–Trinajstić information content (AvgIpc) is 3.44. The molecule has 12 heteroatoms. The number of sulfonamides is 1. The number of aryl methyl sites for hydroxylation is 1. The van der Waals surface area contributed by atoms with Gasteiger partial charge in [0, 0.05) is 54.9 Å². The van der Waals surface area contributed by atoms with Crippen LogP contribution in [0.1, 0.15) is 29.3 Å². The smallest absolute Gasteiger partial charge is 0.281 e. The minimum Gasteiger partial charge on any atom is -0.497 e. The Balaban J connectivity index is 1.54. The number of benzene rings is 2. The number of nitriles is 1. The van der Waals surface area contributed by atoms with E-state index in [1.165, 1.54) is 23.7 Å². The minimum absolute atomic E-state index is 0.0366. The van der Waals surface area contributed by atoms with Crippen molar-refractivity contribution in [3.63, 3.8) is 0 Å². The summed E-state index contributed by atoms with van der Waals surface area (Å²) in [6, 6.07) is 20.2. The molecule has 0 spiro atoms. The van der Waals surface area contributed by atoms with Crippen LogP contribution in [0.3, 0.4) is 0 Å². The van der Waals surface area contributed by atoms with Crippen molar-refractivity contribution in [3.8, 4) is 23.3 Å². The molecule has 46 heavy (non-hydrogen) atoms. The lowest BCUT2D eigenvalue weighted by Gasteiger charge is -2.47. The van der Waals surface area contributed by atoms with Crippen LogP contribution in [0.5, 0.6) is 17.2 Å². The van der Waals surface area contributed by atoms with Gasteiger partial charge in [-0.25, -0.2) is 4.98 Å². The van der Waals surface area contributed by atoms with E-state index in [1.54, 1.807) is 31.4 Å². The van der Waals surface area contributed by atoms with Crippen LogP contribution in [0, 0.1) is 18.3 Å². The lowest BCUT2D eigenvalue weighted by atomic mass is 9.81. The van der Waals surface area contributed by atoms with E-state index in [9.17, 15) is 13.7 Å². The highest BCUT2D eigenvalue weighted by Gasteiger charge is 2.54. The fourth-order valence-corrected chi connectivity index (χ4v) is 7.91. The number of aromatic nitrogens is 2. The Morgan fingerprint density at radius 3 is 2.33 bits per heavy atom. The molecule has 0 saturated carbocycles. The Morgan fingerprint density at radius 2 is 1.67 bits per heavy atom. The van der Waals surface area contributed by atoms with Crippen molar-refractivity contribution in [2.24, 2.45) is 0 Å². The first-order valence-electron chi connectivity index (χ1n) is 15.1. The molecule has 2 aliphatic heterocycles. The van der Waals surface area contributed by atoms with Gasteiger partial charge in [-0.05, 0) is 74.5 Å². The lowest BCUT2D eigenvalue weighted by Crippen LogP contribution is -2.58. The maximum atomic E-state index is 14.4. The normalized spacial score (nSPS) is 18.2. The number of piperazine rings is 1. The summed E-state index contributed by atoms with van der Waals surface area (Å²) in [6.07, 6.45) is 3.21. The molecule has 1 unspecified atom stereocenters. The Hall–Kier alpha value is -4.86. The van der Waals surface area contributed by atoms with Gasteiger partial charge in [0.05, 0.1) is 56.4 Å². The van der Waals surface area contributed by atoms with Crippen LogP contribution in [-0.2, 0) is 15.6 Å². The molecule has 4 aromatic rings. The van der Waals surface area contributed by atoms with Crippen molar-refractivity contribution < 1.29 is 22.6 Å². The molecular formula is C34H36N6O5S. The van der Waals surface area contributed by atoms with E-state index in [0.29, 0.717) is 66.8 Å². The zero-order valence-electron chi connectivity index (χ0n) is 26.3. The van der Waals surface area contributed by atoms with Crippen molar-refractivity contribution in [3.05, 3.63) is 95.4 Å². The second kappa shape index (κ2) is 12.5. The summed E-state index contributed by atoms with van der Waals surface area (Å²) in [5.41, 5.74) is 3.37. The predicted octanol–water partition coefficient (Wildman–Crippen LogP) is 4.35. The fourth-order valence-electron chi connectivity index (χ4n) is 6.49. The van der Waals surface area contributed by atoms with Crippen LogP contribution in [-0.4, -0.2) is 76.8 Å². The first-order chi connectivity index (χ1) is 22.2. The highest BCUT2D eigenvalue weighted by atomic mass is 32.2. The molecule has 6 rings (SSSR count). The van der Waals surface area contributed by atoms with Gasteiger partial charge < -0.3 is 19.1 Å². The molecule has 0 radical (unpaired) electrons. The number of pyridine rings is 2. The number of nitrogens with zero attached hydrogens (tertiary/aromatic N) is 6. The highest BCUT2D eigenvalue weighted by Crippen LogP contribution is 2.52. The molecule has 1 atom stereocenters. The van der Waals surface area contributed by atoms with E-state index >= 15 is 0 Å². The van der Waals surface area contributed by atoms with E-state index < -0.39 is 15.6 Å². The van der Waals surface area contributed by atoms with Gasteiger partial charge in [-0.3, -0.25) is 14.2 Å². The third-order valence-electron chi connectivity index (χ3n) is 8.71. The van der Waals surface area contributed by atoms with Gasteiger partial charge in [0.1, 0.15) is 17.2 Å². The number of methoxy groups -OCH3 is 2. The molecule has 2 aromatic carbocycles. The number of rotatable bonds is 9. The van der Waals surface area contributed by atoms with Crippen LogP contribution >= 0.6 is 0 Å². The Morgan fingerprint density at radius 1 is 0.913 bits per heavy atom. The molecule has 0 bridgehead atoms. The number of ether oxygens (including phenoxy) is 3. The molecule has 11 nitrogen and oxygen atoms in total. The van der Waals surface area contributed by atoms with E-state index in [2.05, 4.69) is 31.9 Å². The van der Waals surface area contributed by atoms with Gasteiger partial charge in [-0.2, -0.15) is 13.7 Å². The van der Waals surface area contributed by atoms with Crippen molar-refractivity contribution in [2.75, 3.05) is 62.8 Å². The average molecular weight is 641 g/mol. The molecule has 1 fully saturated rings. The number of hydrogen-bond acceptors (Lipinski definition) is 10. The fraction of sp³-hybridized carbons (Fsp3) is 0.324. The van der Waals surface area contributed by atoms with Crippen molar-refractivity contribution in [2.45, 2.75) is 24.4 Å². The molecule has 238 valence electrons. The van der Waals surface area contributed by atoms with Crippen LogP contribution in [0.2, 0.25) is 0 Å². The number of anilines is 2. The van der Waals surface area contributed by atoms with E-state index in [4.69, 9.17) is 14.2 Å². The summed E-state index contributed by atoms with van der Waals surface area (Å²) in [7, 11) is -1.04. The maximum Gasteiger partial charge on any atom is 0.281 e. The largest absolute Gasteiger partial charge is 0.497 e. The van der Waals surface area contributed by atoms with Gasteiger partial charge in [0.15, 0.2) is 5.03 Å². The van der Waals surface area contributed by atoms with Crippen molar-refractivity contribution >= 4 is 21.4 Å². The van der Waals surface area contributed by atoms with Crippen LogP contribution < -0.4 is 23.4 Å². The monoisotopic (exact) mass is 640 g/mol. The summed E-state index contributed by atoms with van der Waals surface area (Å²) in [4.78, 5) is 13.2. The first kappa shape index (κ1) is 31.1.